The topological polar surface area (TPSA) is 91.7 Å². The summed E-state index contributed by atoms with van der Waals surface area (Å²) in [5, 5.41) is 16.6. The van der Waals surface area contributed by atoms with Gasteiger partial charge in [0, 0.05) is 19.3 Å². The van der Waals surface area contributed by atoms with Crippen LogP contribution in [0.3, 0.4) is 0 Å². The molecule has 2 N–H and O–H groups in total. The number of nitrogens with one attached hydrogen (secondary N) is 2. The number of thiophene rings is 1. The van der Waals surface area contributed by atoms with Crippen molar-refractivity contribution in [1.82, 2.24) is 25.0 Å². The summed E-state index contributed by atoms with van der Waals surface area (Å²) in [4.78, 5) is 20.6. The number of amides is 1. The molecule has 9 heteroatoms. The maximum atomic E-state index is 13.1. The lowest BCUT2D eigenvalue weighted by atomic mass is 10.1. The molecule has 1 amide bonds. The Balaban J connectivity index is 1.42. The number of hydrogen-bond donors (Lipinski definition) is 2. The number of para-hydroxylation sites is 1. The van der Waals surface area contributed by atoms with E-state index in [1.165, 1.54) is 6.42 Å². The lowest BCUT2D eigenvalue weighted by Crippen LogP contribution is -2.30. The fraction of sp³-hybridized carbons (Fsp3) is 0.238. The van der Waals surface area contributed by atoms with Gasteiger partial charge in [0.15, 0.2) is 0 Å². The second kappa shape index (κ2) is 8.11. The molecule has 152 valence electrons. The molecular weight excluding hydrogens is 398 g/mol. The molecule has 3 aromatic heterocycles. The third-order valence-electron chi connectivity index (χ3n) is 5.08. The van der Waals surface area contributed by atoms with Gasteiger partial charge in [-0.1, -0.05) is 24.3 Å². The van der Waals surface area contributed by atoms with Gasteiger partial charge in [0.1, 0.15) is 5.69 Å². The molecule has 0 atom stereocenters. The first kappa shape index (κ1) is 18.6. The summed E-state index contributed by atoms with van der Waals surface area (Å²) in [6.45, 7) is 1.88. The second-order valence-corrected chi connectivity index (χ2v) is 8.08. The minimum Gasteiger partial charge on any atom is -0.340 e. The van der Waals surface area contributed by atoms with Crippen molar-refractivity contribution in [2.75, 3.05) is 23.3 Å². The van der Waals surface area contributed by atoms with Crippen LogP contribution in [0.4, 0.5) is 11.9 Å². The van der Waals surface area contributed by atoms with Crippen LogP contribution in [0.25, 0.3) is 16.3 Å². The Morgan fingerprint density at radius 1 is 1.07 bits per heavy atom. The van der Waals surface area contributed by atoms with Crippen LogP contribution >= 0.6 is 11.3 Å². The fourth-order valence-electron chi connectivity index (χ4n) is 3.57. The summed E-state index contributed by atoms with van der Waals surface area (Å²) in [6, 6.07) is 13.6. The highest BCUT2D eigenvalue weighted by atomic mass is 32.1. The Bertz CT molecular complexity index is 1130. The number of benzene rings is 1. The molecule has 0 saturated carbocycles. The number of rotatable bonds is 5. The predicted octanol–water partition coefficient (Wildman–Crippen LogP) is 3.96. The van der Waals surface area contributed by atoms with Gasteiger partial charge >= 0.3 is 0 Å². The summed E-state index contributed by atoms with van der Waals surface area (Å²) in [5.41, 5.74) is 2.01. The van der Waals surface area contributed by atoms with Crippen molar-refractivity contribution < 1.29 is 4.79 Å². The van der Waals surface area contributed by atoms with Crippen molar-refractivity contribution >= 4 is 29.1 Å². The zero-order valence-corrected chi connectivity index (χ0v) is 17.1. The standard InChI is InChI=1S/C21H21N7OS/c29-19(22-20-23-21(25-24-20)27-11-5-2-6-12-27)16-14-28(15-8-3-1-4-9-15)26-18(16)17-10-7-13-30-17/h1,3-4,7-10,13-14H,2,5-6,11-12H2,(H2,22,23,24,25,29). The molecule has 0 spiro atoms. The summed E-state index contributed by atoms with van der Waals surface area (Å²) in [5.74, 6) is 0.690. The van der Waals surface area contributed by atoms with Crippen LogP contribution in [0, 0.1) is 0 Å². The summed E-state index contributed by atoms with van der Waals surface area (Å²) in [7, 11) is 0. The van der Waals surface area contributed by atoms with E-state index in [0.29, 0.717) is 23.2 Å². The molecule has 1 aromatic carbocycles. The molecule has 1 fully saturated rings. The summed E-state index contributed by atoms with van der Waals surface area (Å²) < 4.78 is 1.73. The van der Waals surface area contributed by atoms with Gasteiger partial charge in [-0.2, -0.15) is 10.1 Å². The maximum absolute atomic E-state index is 13.1. The van der Waals surface area contributed by atoms with Gasteiger partial charge in [-0.05, 0) is 42.8 Å². The van der Waals surface area contributed by atoms with Crippen LogP contribution in [-0.2, 0) is 0 Å². The molecule has 8 nitrogen and oxygen atoms in total. The molecule has 0 bridgehead atoms. The zero-order valence-electron chi connectivity index (χ0n) is 16.3. The van der Waals surface area contributed by atoms with Gasteiger partial charge in [0.2, 0.25) is 11.9 Å². The van der Waals surface area contributed by atoms with Gasteiger partial charge in [-0.3, -0.25) is 10.1 Å². The number of piperidine rings is 1. The Hall–Kier alpha value is -3.46. The highest BCUT2D eigenvalue weighted by molar-refractivity contribution is 7.13. The molecule has 30 heavy (non-hydrogen) atoms. The second-order valence-electron chi connectivity index (χ2n) is 7.13. The van der Waals surface area contributed by atoms with E-state index in [1.807, 2.05) is 47.8 Å². The van der Waals surface area contributed by atoms with Crippen molar-refractivity contribution in [2.45, 2.75) is 19.3 Å². The highest BCUT2D eigenvalue weighted by Crippen LogP contribution is 2.28. The largest absolute Gasteiger partial charge is 0.340 e. The molecule has 1 saturated heterocycles. The van der Waals surface area contributed by atoms with Crippen LogP contribution in [0.2, 0.25) is 0 Å². The Labute approximate surface area is 177 Å². The van der Waals surface area contributed by atoms with Crippen LogP contribution in [0.5, 0.6) is 0 Å². The third-order valence-corrected chi connectivity index (χ3v) is 5.96. The van der Waals surface area contributed by atoms with Gasteiger partial charge < -0.3 is 4.90 Å². The molecule has 4 aromatic rings. The normalized spacial score (nSPS) is 14.1. The monoisotopic (exact) mass is 419 g/mol. The summed E-state index contributed by atoms with van der Waals surface area (Å²) in [6.07, 6.45) is 5.27. The number of carbonyl (C=O) groups excluding carboxylic acids is 1. The number of aromatic nitrogens is 5. The zero-order chi connectivity index (χ0) is 20.3. The molecule has 0 radical (unpaired) electrons. The lowest BCUT2D eigenvalue weighted by Gasteiger charge is -2.24. The SMILES string of the molecule is O=C(Nc1nc(N2CCCCC2)n[nH]1)c1cn(-c2ccccc2)nc1-c1cccs1. The smallest absolute Gasteiger partial charge is 0.261 e. The van der Waals surface area contributed by atoms with Crippen molar-refractivity contribution in [3.8, 4) is 16.3 Å². The fourth-order valence-corrected chi connectivity index (χ4v) is 4.29. The van der Waals surface area contributed by atoms with E-state index < -0.39 is 0 Å². The van der Waals surface area contributed by atoms with Crippen LogP contribution < -0.4 is 10.2 Å². The van der Waals surface area contributed by atoms with E-state index in [-0.39, 0.29) is 5.91 Å². The third kappa shape index (κ3) is 3.71. The van der Waals surface area contributed by atoms with Crippen LogP contribution in [-0.4, -0.2) is 44.0 Å². The van der Waals surface area contributed by atoms with E-state index in [1.54, 1.807) is 22.2 Å². The van der Waals surface area contributed by atoms with Gasteiger partial charge in [-0.15, -0.1) is 16.4 Å². The van der Waals surface area contributed by atoms with E-state index in [2.05, 4.69) is 30.5 Å². The first-order chi connectivity index (χ1) is 14.8. The average Bonchev–Trinajstić information content (AvgIpc) is 3.55. The van der Waals surface area contributed by atoms with Crippen LogP contribution in [0.15, 0.2) is 54.0 Å². The number of aromatic amines is 1. The number of hydrogen-bond acceptors (Lipinski definition) is 6. The Morgan fingerprint density at radius 2 is 1.90 bits per heavy atom. The van der Waals surface area contributed by atoms with E-state index in [4.69, 9.17) is 0 Å². The molecular formula is C21H21N7OS. The molecule has 1 aliphatic heterocycles. The molecule has 1 aliphatic rings. The lowest BCUT2D eigenvalue weighted by molar-refractivity contribution is 0.102. The van der Waals surface area contributed by atoms with Crippen molar-refractivity contribution in [3.05, 3.63) is 59.6 Å². The van der Waals surface area contributed by atoms with E-state index >= 15 is 0 Å². The van der Waals surface area contributed by atoms with Crippen LogP contribution in [0.1, 0.15) is 29.6 Å². The van der Waals surface area contributed by atoms with Crippen molar-refractivity contribution in [3.63, 3.8) is 0 Å². The van der Waals surface area contributed by atoms with Gasteiger partial charge in [0.25, 0.3) is 5.91 Å². The molecule has 5 rings (SSSR count). The molecule has 0 aliphatic carbocycles. The number of anilines is 2. The Morgan fingerprint density at radius 3 is 2.67 bits per heavy atom. The number of nitrogens with zero attached hydrogens (tertiary/aromatic N) is 5. The maximum Gasteiger partial charge on any atom is 0.261 e. The molecule has 0 unspecified atom stereocenters. The highest BCUT2D eigenvalue weighted by Gasteiger charge is 2.21. The first-order valence-electron chi connectivity index (χ1n) is 9.95. The Kier molecular flexibility index (Phi) is 5.02. The average molecular weight is 420 g/mol. The quantitative estimate of drug-likeness (QED) is 0.511. The van der Waals surface area contributed by atoms with Crippen molar-refractivity contribution in [2.24, 2.45) is 0 Å². The van der Waals surface area contributed by atoms with Gasteiger partial charge in [-0.25, -0.2) is 9.78 Å². The molecule has 4 heterocycles. The van der Waals surface area contributed by atoms with E-state index in [0.717, 1.165) is 36.5 Å². The first-order valence-corrected chi connectivity index (χ1v) is 10.8. The summed E-state index contributed by atoms with van der Waals surface area (Å²) >= 11 is 1.55. The van der Waals surface area contributed by atoms with Gasteiger partial charge in [0.05, 0.1) is 16.1 Å². The van der Waals surface area contributed by atoms with E-state index in [9.17, 15) is 4.79 Å². The predicted molar refractivity (Wildman–Crippen MR) is 117 cm³/mol. The minimum absolute atomic E-state index is 0.276. The van der Waals surface area contributed by atoms with Crippen molar-refractivity contribution in [1.29, 1.82) is 0 Å². The minimum atomic E-state index is -0.276. The number of carbonyl (C=O) groups is 1. The number of H-pyrrole nitrogens is 1.